The molecule has 1 unspecified atom stereocenters. The van der Waals surface area contributed by atoms with E-state index in [1.807, 2.05) is 0 Å². The number of nitrogens with zero attached hydrogens (tertiary/aromatic N) is 4. The van der Waals surface area contributed by atoms with Gasteiger partial charge in [-0.25, -0.2) is 14.8 Å². The minimum absolute atomic E-state index is 0.0566. The topological polar surface area (TPSA) is 222 Å². The Morgan fingerprint density at radius 2 is 2.09 bits per heavy atom. The van der Waals surface area contributed by atoms with Gasteiger partial charge in [-0.15, -0.1) is 0 Å². The fourth-order valence-electron chi connectivity index (χ4n) is 3.61. The van der Waals surface area contributed by atoms with Gasteiger partial charge in [-0.1, -0.05) is 6.08 Å². The number of amides is 2. The second-order valence-corrected chi connectivity index (χ2v) is 7.68. The van der Waals surface area contributed by atoms with E-state index < -0.39 is 41.8 Å². The summed E-state index contributed by atoms with van der Waals surface area (Å²) in [5.41, 5.74) is 6.47. The average molecular weight is 473 g/mol. The average Bonchev–Trinajstić information content (AvgIpc) is 2.80. The lowest BCUT2D eigenvalue weighted by Gasteiger charge is -2.29. The van der Waals surface area contributed by atoms with E-state index in [0.717, 1.165) is 5.70 Å². The van der Waals surface area contributed by atoms with Crippen molar-refractivity contribution in [2.75, 3.05) is 5.73 Å². The Kier molecular flexibility index (Phi) is 7.50. The molecule has 0 aromatic carbocycles. The van der Waals surface area contributed by atoms with Crippen LogP contribution in [0.25, 0.3) is 11.2 Å². The standard InChI is InChI=1S/C20H23N7O7/c21-20-25-16-15(17(31)26-20)24-12(8-23-16)7-22-11-3-1-10(2-4-11)18(32)27(9-28)13(19(33)34)5-6-14(29)30/h3,8-10,13,22H,1-2,4-7H2,(H,29,30)(H,33,34)(H3,21,23,25,26,31)/t10?,13-/m0/s1. The van der Waals surface area contributed by atoms with Crippen LogP contribution < -0.4 is 16.6 Å². The fourth-order valence-corrected chi connectivity index (χ4v) is 3.61. The van der Waals surface area contributed by atoms with Crippen LogP contribution in [0.3, 0.4) is 0 Å². The van der Waals surface area contributed by atoms with Gasteiger partial charge in [0, 0.05) is 18.0 Å². The van der Waals surface area contributed by atoms with Gasteiger partial charge in [0.2, 0.25) is 18.3 Å². The Balaban J connectivity index is 1.62. The normalized spacial score (nSPS) is 16.4. The van der Waals surface area contributed by atoms with E-state index in [-0.39, 0.29) is 42.9 Å². The molecule has 2 aromatic rings. The molecule has 0 radical (unpaired) electrons. The van der Waals surface area contributed by atoms with Crippen LogP contribution in [-0.2, 0) is 25.7 Å². The molecule has 0 fully saturated rings. The molecule has 2 aromatic heterocycles. The number of carboxylic acids is 2. The van der Waals surface area contributed by atoms with E-state index in [4.69, 9.17) is 10.8 Å². The number of H-pyrrole nitrogens is 1. The third kappa shape index (κ3) is 5.70. The maximum Gasteiger partial charge on any atom is 0.326 e. The van der Waals surface area contributed by atoms with Gasteiger partial charge in [-0.05, 0) is 25.7 Å². The first kappa shape index (κ1) is 24.3. The minimum atomic E-state index is -1.54. The second kappa shape index (κ2) is 10.5. The molecule has 34 heavy (non-hydrogen) atoms. The largest absolute Gasteiger partial charge is 0.481 e. The van der Waals surface area contributed by atoms with Gasteiger partial charge < -0.3 is 21.3 Å². The van der Waals surface area contributed by atoms with Gasteiger partial charge in [0.15, 0.2) is 11.2 Å². The lowest BCUT2D eigenvalue weighted by molar-refractivity contribution is -0.156. The number of carboxylic acid groups (broad SMARTS) is 2. The molecular formula is C20H23N7O7. The summed E-state index contributed by atoms with van der Waals surface area (Å²) < 4.78 is 0. The number of allylic oxidation sites excluding steroid dienone is 2. The number of fused-ring (bicyclic) bond motifs is 1. The van der Waals surface area contributed by atoms with Crippen LogP contribution in [0.2, 0.25) is 0 Å². The SMILES string of the molecule is Nc1nc2ncc(CNC3=CCC(C(=O)N(C=O)[C@@H](CCC(=O)O)C(=O)O)CC3)nc2c(=O)[nH]1. The predicted molar refractivity (Wildman–Crippen MR) is 116 cm³/mol. The Morgan fingerprint density at radius 3 is 2.71 bits per heavy atom. The summed E-state index contributed by atoms with van der Waals surface area (Å²) in [7, 11) is 0. The van der Waals surface area contributed by atoms with E-state index in [0.29, 0.717) is 23.4 Å². The number of carbonyl (C=O) groups excluding carboxylic acids is 2. The number of carbonyl (C=O) groups is 4. The molecule has 3 rings (SSSR count). The van der Waals surface area contributed by atoms with E-state index in [1.54, 1.807) is 6.08 Å². The van der Waals surface area contributed by atoms with Crippen molar-refractivity contribution in [1.82, 2.24) is 30.2 Å². The number of rotatable bonds is 10. The molecule has 0 saturated heterocycles. The number of nitrogen functional groups attached to an aromatic ring is 1. The summed E-state index contributed by atoms with van der Waals surface area (Å²) in [5.74, 6) is -3.99. The van der Waals surface area contributed by atoms with Crippen molar-refractivity contribution >= 4 is 41.4 Å². The van der Waals surface area contributed by atoms with E-state index >= 15 is 0 Å². The smallest absolute Gasteiger partial charge is 0.326 e. The molecule has 180 valence electrons. The Hall–Kier alpha value is -4.36. The maximum absolute atomic E-state index is 12.8. The van der Waals surface area contributed by atoms with Crippen LogP contribution in [-0.4, -0.2) is 65.3 Å². The number of imide groups is 1. The molecule has 2 atom stereocenters. The van der Waals surface area contributed by atoms with Gasteiger partial charge in [0.05, 0.1) is 18.4 Å². The van der Waals surface area contributed by atoms with E-state index in [9.17, 15) is 29.1 Å². The number of hydrogen-bond acceptors (Lipinski definition) is 10. The number of nitrogens with two attached hydrogens (primary N) is 1. The second-order valence-electron chi connectivity index (χ2n) is 7.68. The van der Waals surface area contributed by atoms with Crippen LogP contribution >= 0.6 is 0 Å². The Bertz CT molecular complexity index is 1210. The van der Waals surface area contributed by atoms with Crippen molar-refractivity contribution in [3.63, 3.8) is 0 Å². The highest BCUT2D eigenvalue weighted by atomic mass is 16.4. The van der Waals surface area contributed by atoms with Crippen LogP contribution in [0, 0.1) is 5.92 Å². The molecular weight excluding hydrogens is 450 g/mol. The molecule has 0 bridgehead atoms. The lowest BCUT2D eigenvalue weighted by Crippen LogP contribution is -2.47. The Morgan fingerprint density at radius 1 is 1.32 bits per heavy atom. The summed E-state index contributed by atoms with van der Waals surface area (Å²) in [4.78, 5) is 73.6. The van der Waals surface area contributed by atoms with Crippen LogP contribution in [0.4, 0.5) is 5.95 Å². The molecule has 0 saturated carbocycles. The quantitative estimate of drug-likeness (QED) is 0.272. The zero-order valence-electron chi connectivity index (χ0n) is 17.9. The highest BCUT2D eigenvalue weighted by Crippen LogP contribution is 2.25. The first-order valence-corrected chi connectivity index (χ1v) is 10.4. The number of aromatic nitrogens is 4. The van der Waals surface area contributed by atoms with Gasteiger partial charge in [-0.2, -0.15) is 4.98 Å². The van der Waals surface area contributed by atoms with Crippen molar-refractivity contribution in [3.05, 3.63) is 34.0 Å². The van der Waals surface area contributed by atoms with Crippen LogP contribution in [0.15, 0.2) is 22.8 Å². The molecule has 0 spiro atoms. The molecule has 14 nitrogen and oxygen atoms in total. The summed E-state index contributed by atoms with van der Waals surface area (Å²) in [6, 6.07) is -1.54. The minimum Gasteiger partial charge on any atom is -0.481 e. The molecule has 1 aliphatic rings. The number of aliphatic carboxylic acids is 2. The third-order valence-electron chi connectivity index (χ3n) is 5.36. The zero-order valence-corrected chi connectivity index (χ0v) is 17.9. The van der Waals surface area contributed by atoms with Crippen molar-refractivity contribution in [2.24, 2.45) is 5.92 Å². The van der Waals surface area contributed by atoms with Gasteiger partial charge in [0.1, 0.15) is 6.04 Å². The number of anilines is 1. The van der Waals surface area contributed by atoms with Crippen LogP contribution in [0.1, 0.15) is 37.8 Å². The number of hydrogen-bond donors (Lipinski definition) is 5. The van der Waals surface area contributed by atoms with Crippen molar-refractivity contribution < 1.29 is 29.4 Å². The van der Waals surface area contributed by atoms with Gasteiger partial charge in [0.25, 0.3) is 5.56 Å². The number of nitrogens with one attached hydrogen (secondary N) is 2. The summed E-state index contributed by atoms with van der Waals surface area (Å²) >= 11 is 0. The van der Waals surface area contributed by atoms with Gasteiger partial charge in [-0.3, -0.25) is 29.1 Å². The van der Waals surface area contributed by atoms with Crippen molar-refractivity contribution in [1.29, 1.82) is 0 Å². The molecule has 2 heterocycles. The van der Waals surface area contributed by atoms with E-state index in [2.05, 4.69) is 25.3 Å². The first-order chi connectivity index (χ1) is 16.2. The zero-order chi connectivity index (χ0) is 24.8. The molecule has 6 N–H and O–H groups in total. The summed E-state index contributed by atoms with van der Waals surface area (Å²) in [5, 5.41) is 21.3. The molecule has 14 heteroatoms. The predicted octanol–water partition coefficient (Wildman–Crippen LogP) is -0.628. The molecule has 0 aliphatic heterocycles. The summed E-state index contributed by atoms with van der Waals surface area (Å²) in [6.07, 6.45) is 3.59. The van der Waals surface area contributed by atoms with E-state index in [1.165, 1.54) is 6.20 Å². The molecule has 2 amide bonds. The van der Waals surface area contributed by atoms with Crippen molar-refractivity contribution in [3.8, 4) is 0 Å². The lowest BCUT2D eigenvalue weighted by atomic mass is 9.90. The maximum atomic E-state index is 12.8. The van der Waals surface area contributed by atoms with Crippen molar-refractivity contribution in [2.45, 2.75) is 44.7 Å². The van der Waals surface area contributed by atoms with Gasteiger partial charge >= 0.3 is 11.9 Å². The monoisotopic (exact) mass is 473 g/mol. The highest BCUT2D eigenvalue weighted by Gasteiger charge is 2.34. The highest BCUT2D eigenvalue weighted by molar-refractivity contribution is 5.93. The first-order valence-electron chi connectivity index (χ1n) is 10.4. The summed E-state index contributed by atoms with van der Waals surface area (Å²) in [6.45, 7) is 0.258. The van der Waals surface area contributed by atoms with Crippen LogP contribution in [0.5, 0.6) is 0 Å². The molecule has 1 aliphatic carbocycles. The Labute approximate surface area is 191 Å². The number of aromatic amines is 1. The fraction of sp³-hybridized carbons (Fsp3) is 0.400. The third-order valence-corrected chi connectivity index (χ3v) is 5.36.